The van der Waals surface area contributed by atoms with Crippen LogP contribution in [0.15, 0.2) is 23.1 Å². The third-order valence-electron chi connectivity index (χ3n) is 4.84. The highest BCUT2D eigenvalue weighted by Gasteiger charge is 2.21. The number of sulfonamides is 1. The molecule has 1 fully saturated rings. The average Bonchev–Trinajstić information content (AvgIpc) is 3.37. The number of hydrogen-bond acceptors (Lipinski definition) is 8. The van der Waals surface area contributed by atoms with Gasteiger partial charge in [-0.25, -0.2) is 13.1 Å². The number of nitrogens with one attached hydrogen (secondary N) is 1. The molecule has 0 atom stereocenters. The van der Waals surface area contributed by atoms with Gasteiger partial charge in [-0.1, -0.05) is 0 Å². The van der Waals surface area contributed by atoms with Gasteiger partial charge in [0.05, 0.1) is 18.0 Å². The molecule has 0 amide bonds. The summed E-state index contributed by atoms with van der Waals surface area (Å²) in [6.45, 7) is 2.39. The molecule has 0 radical (unpaired) electrons. The van der Waals surface area contributed by atoms with Gasteiger partial charge in [0.15, 0.2) is 5.82 Å². The number of aromatic nitrogens is 3. The van der Waals surface area contributed by atoms with Crippen LogP contribution in [0.3, 0.4) is 0 Å². The number of ether oxygens (including phenoxy) is 1. The van der Waals surface area contributed by atoms with Crippen molar-refractivity contribution < 1.29 is 13.2 Å². The second-order valence-corrected chi connectivity index (χ2v) is 8.90. The van der Waals surface area contributed by atoms with Crippen molar-refractivity contribution in [3.8, 4) is 5.75 Å². The average molecular weight is 404 g/mol. The van der Waals surface area contributed by atoms with Crippen LogP contribution in [0.25, 0.3) is 0 Å². The largest absolute Gasteiger partial charge is 0.493 e. The second-order valence-electron chi connectivity index (χ2n) is 7.13. The van der Waals surface area contributed by atoms with E-state index < -0.39 is 10.0 Å². The van der Waals surface area contributed by atoms with Crippen LogP contribution in [0.1, 0.15) is 24.2 Å². The fourth-order valence-corrected chi connectivity index (χ4v) is 4.34. The lowest BCUT2D eigenvalue weighted by Gasteiger charge is -2.19. The molecule has 28 heavy (non-hydrogen) atoms. The second kappa shape index (κ2) is 7.51. The molecule has 2 aliphatic rings. The summed E-state index contributed by atoms with van der Waals surface area (Å²) in [6, 6.07) is 4.93. The minimum absolute atomic E-state index is 0.000117. The van der Waals surface area contributed by atoms with E-state index in [9.17, 15) is 8.42 Å². The van der Waals surface area contributed by atoms with E-state index in [2.05, 4.69) is 24.6 Å². The predicted molar refractivity (Wildman–Crippen MR) is 105 cm³/mol. The Morgan fingerprint density at radius 1 is 1.18 bits per heavy atom. The molecular formula is C18H24N6O3S. The zero-order chi connectivity index (χ0) is 19.7. The fourth-order valence-electron chi connectivity index (χ4n) is 3.31. The molecule has 2 aromatic rings. The molecule has 0 saturated carbocycles. The summed E-state index contributed by atoms with van der Waals surface area (Å²) in [5.74, 6) is 2.26. The summed E-state index contributed by atoms with van der Waals surface area (Å²) in [5.41, 5.74) is 0.911. The molecule has 1 N–H and O–H groups in total. The van der Waals surface area contributed by atoms with E-state index in [-0.39, 0.29) is 11.4 Å². The number of rotatable bonds is 6. The Labute approximate surface area is 164 Å². The first-order chi connectivity index (χ1) is 13.4. The van der Waals surface area contributed by atoms with Crippen LogP contribution in [-0.4, -0.2) is 57.2 Å². The van der Waals surface area contributed by atoms with Gasteiger partial charge >= 0.3 is 0 Å². The highest BCUT2D eigenvalue weighted by molar-refractivity contribution is 7.89. The van der Waals surface area contributed by atoms with Crippen molar-refractivity contribution in [2.75, 3.05) is 43.6 Å². The molecule has 9 nitrogen and oxygen atoms in total. The number of nitrogens with zero attached hydrogens (tertiary/aromatic N) is 5. The van der Waals surface area contributed by atoms with E-state index >= 15 is 0 Å². The van der Waals surface area contributed by atoms with Crippen LogP contribution in [0.4, 0.5) is 11.9 Å². The van der Waals surface area contributed by atoms with Crippen LogP contribution in [-0.2, 0) is 23.0 Å². The van der Waals surface area contributed by atoms with E-state index in [1.54, 1.807) is 23.1 Å². The summed E-state index contributed by atoms with van der Waals surface area (Å²) >= 11 is 0. The van der Waals surface area contributed by atoms with Crippen molar-refractivity contribution in [1.82, 2.24) is 19.7 Å². The quantitative estimate of drug-likeness (QED) is 0.760. The van der Waals surface area contributed by atoms with Gasteiger partial charge in [0.2, 0.25) is 21.9 Å². The summed E-state index contributed by atoms with van der Waals surface area (Å²) in [7, 11) is 0.0235. The topological polar surface area (TPSA) is 101 Å². The van der Waals surface area contributed by atoms with E-state index in [1.807, 2.05) is 14.1 Å². The number of fused-ring (bicyclic) bond motifs is 1. The molecule has 0 spiro atoms. The smallest absolute Gasteiger partial charge is 0.240 e. The Bertz CT molecular complexity index is 973. The maximum Gasteiger partial charge on any atom is 0.240 e. The van der Waals surface area contributed by atoms with Crippen LogP contribution in [0.5, 0.6) is 5.75 Å². The Morgan fingerprint density at radius 2 is 1.96 bits per heavy atom. The lowest BCUT2D eigenvalue weighted by atomic mass is 10.2. The maximum absolute atomic E-state index is 12.7. The lowest BCUT2D eigenvalue weighted by molar-refractivity contribution is 0.356. The summed E-state index contributed by atoms with van der Waals surface area (Å²) < 4.78 is 33.5. The van der Waals surface area contributed by atoms with Crippen LogP contribution >= 0.6 is 0 Å². The fraction of sp³-hybridized carbons (Fsp3) is 0.500. The third-order valence-corrected chi connectivity index (χ3v) is 6.24. The van der Waals surface area contributed by atoms with Gasteiger partial charge in [0.1, 0.15) is 5.75 Å². The van der Waals surface area contributed by atoms with Crippen molar-refractivity contribution >= 4 is 21.9 Å². The van der Waals surface area contributed by atoms with E-state index in [0.717, 1.165) is 43.7 Å². The van der Waals surface area contributed by atoms with Gasteiger partial charge < -0.3 is 14.5 Å². The highest BCUT2D eigenvalue weighted by Crippen LogP contribution is 2.27. The monoisotopic (exact) mass is 404 g/mol. The molecule has 1 aromatic carbocycles. The van der Waals surface area contributed by atoms with Gasteiger partial charge in [-0.3, -0.25) is 0 Å². The first kappa shape index (κ1) is 18.9. The minimum Gasteiger partial charge on any atom is -0.493 e. The van der Waals surface area contributed by atoms with Crippen molar-refractivity contribution in [2.45, 2.75) is 30.7 Å². The standard InChI is InChI=1S/C18H24N6O3S/c1-23(2)17-20-16(21-18(22-17)24-8-3-4-9-24)12-19-28(25,26)14-5-6-15-13(11-14)7-10-27-15/h5-6,11,19H,3-4,7-10,12H2,1-2H3. The molecule has 3 heterocycles. The first-order valence-electron chi connectivity index (χ1n) is 9.35. The van der Waals surface area contributed by atoms with Gasteiger partial charge in [0, 0.05) is 33.6 Å². The SMILES string of the molecule is CN(C)c1nc(CNS(=O)(=O)c2ccc3c(c2)CCO3)nc(N2CCCC2)n1. The van der Waals surface area contributed by atoms with E-state index in [4.69, 9.17) is 4.74 Å². The number of hydrogen-bond donors (Lipinski definition) is 1. The van der Waals surface area contributed by atoms with Crippen molar-refractivity contribution in [3.63, 3.8) is 0 Å². The summed E-state index contributed by atoms with van der Waals surface area (Å²) in [5, 5.41) is 0. The van der Waals surface area contributed by atoms with Crippen LogP contribution in [0.2, 0.25) is 0 Å². The zero-order valence-corrected chi connectivity index (χ0v) is 16.9. The van der Waals surface area contributed by atoms with E-state index in [1.165, 1.54) is 0 Å². The molecule has 0 aliphatic carbocycles. The Hall–Kier alpha value is -2.46. The molecule has 4 rings (SSSR count). The number of benzene rings is 1. The van der Waals surface area contributed by atoms with Gasteiger partial charge in [-0.2, -0.15) is 15.0 Å². The lowest BCUT2D eigenvalue weighted by Crippen LogP contribution is -2.27. The van der Waals surface area contributed by atoms with Crippen molar-refractivity contribution in [2.24, 2.45) is 0 Å². The van der Waals surface area contributed by atoms with Gasteiger partial charge in [-0.05, 0) is 36.6 Å². The Balaban J connectivity index is 1.55. The first-order valence-corrected chi connectivity index (χ1v) is 10.8. The van der Waals surface area contributed by atoms with Crippen LogP contribution < -0.4 is 19.3 Å². The predicted octanol–water partition coefficient (Wildman–Crippen LogP) is 0.951. The Morgan fingerprint density at radius 3 is 2.71 bits per heavy atom. The van der Waals surface area contributed by atoms with Gasteiger partial charge in [0.25, 0.3) is 0 Å². The molecule has 1 aromatic heterocycles. The Kier molecular flexibility index (Phi) is 5.07. The molecule has 10 heteroatoms. The normalized spacial score (nSPS) is 16.1. The summed E-state index contributed by atoms with van der Waals surface area (Å²) in [6.07, 6.45) is 2.93. The van der Waals surface area contributed by atoms with Crippen molar-refractivity contribution in [1.29, 1.82) is 0 Å². The number of anilines is 2. The molecular weight excluding hydrogens is 380 g/mol. The molecule has 2 aliphatic heterocycles. The minimum atomic E-state index is -3.68. The molecule has 1 saturated heterocycles. The molecule has 150 valence electrons. The third kappa shape index (κ3) is 3.88. The van der Waals surface area contributed by atoms with Gasteiger partial charge in [-0.15, -0.1) is 0 Å². The van der Waals surface area contributed by atoms with E-state index in [0.29, 0.717) is 24.3 Å². The van der Waals surface area contributed by atoms with Crippen LogP contribution in [0, 0.1) is 0 Å². The molecule has 0 bridgehead atoms. The van der Waals surface area contributed by atoms with Crippen molar-refractivity contribution in [3.05, 3.63) is 29.6 Å². The molecule has 0 unspecified atom stereocenters. The highest BCUT2D eigenvalue weighted by atomic mass is 32.2. The maximum atomic E-state index is 12.7. The zero-order valence-electron chi connectivity index (χ0n) is 16.1. The summed E-state index contributed by atoms with van der Waals surface area (Å²) in [4.78, 5) is 17.5.